The van der Waals surface area contributed by atoms with E-state index in [1.165, 1.54) is 12.8 Å². The molecule has 0 radical (unpaired) electrons. The first kappa shape index (κ1) is 62.1. The topological polar surface area (TPSA) is 155 Å². The largest absolute Gasteiger partial charge is 0.472 e. The Morgan fingerprint density at radius 3 is 1.35 bits per heavy atom. The zero-order chi connectivity index (χ0) is 48.4. The van der Waals surface area contributed by atoms with E-state index in [-0.39, 0.29) is 19.3 Å². The smallest absolute Gasteiger partial charge is 0.462 e. The average Bonchev–Trinajstić information content (AvgIpc) is 3.30. The molecule has 12 heteroatoms. The normalized spacial score (nSPS) is 14.4. The summed E-state index contributed by atoms with van der Waals surface area (Å²) in [6.45, 7) is 4.18. The third-order valence-electron chi connectivity index (χ3n) is 9.67. The zero-order valence-corrected chi connectivity index (χ0v) is 41.8. The lowest BCUT2D eigenvalue weighted by atomic mass is 10.1. The summed E-state index contributed by atoms with van der Waals surface area (Å²) in [4.78, 5) is 48.2. The Balaban J connectivity index is 4.93. The predicted molar refractivity (Wildman–Crippen MR) is 270 cm³/mol. The Hall–Kier alpha value is -3.86. The van der Waals surface area contributed by atoms with Crippen molar-refractivity contribution in [2.75, 3.05) is 26.4 Å². The number of carbonyl (C=O) groups is 3. The van der Waals surface area contributed by atoms with Crippen LogP contribution in [-0.4, -0.2) is 66.5 Å². The fourth-order valence-corrected chi connectivity index (χ4v) is 6.71. The second kappa shape index (κ2) is 47.6. The van der Waals surface area contributed by atoms with E-state index in [2.05, 4.69) is 112 Å². The number of carbonyl (C=O) groups excluding carboxylic acids is 3. The molecule has 374 valence electrons. The monoisotopic (exact) mass is 943 g/mol. The molecule has 0 aliphatic carbocycles. The lowest BCUT2D eigenvalue weighted by Crippen LogP contribution is -2.30. The fourth-order valence-electron chi connectivity index (χ4n) is 5.93. The van der Waals surface area contributed by atoms with Crippen LogP contribution < -0.4 is 0 Å². The van der Waals surface area contributed by atoms with Crippen LogP contribution >= 0.6 is 7.82 Å². The molecule has 0 saturated carbocycles. The van der Waals surface area contributed by atoms with Crippen molar-refractivity contribution in [2.24, 2.45) is 0 Å². The van der Waals surface area contributed by atoms with Crippen molar-refractivity contribution < 1.29 is 52.2 Å². The second-order valence-electron chi connectivity index (χ2n) is 15.9. The Morgan fingerprint density at radius 1 is 0.439 bits per heavy atom. The van der Waals surface area contributed by atoms with Gasteiger partial charge >= 0.3 is 25.7 Å². The fraction of sp³-hybridized carbons (Fsp3) is 0.611. The first-order chi connectivity index (χ1) is 32.2. The summed E-state index contributed by atoms with van der Waals surface area (Å²) in [5, 5.41) is 9.74. The molecule has 0 amide bonds. The van der Waals surface area contributed by atoms with Gasteiger partial charge in [0.25, 0.3) is 0 Å². The Labute approximate surface area is 399 Å². The highest BCUT2D eigenvalue weighted by molar-refractivity contribution is 7.47. The van der Waals surface area contributed by atoms with Crippen molar-refractivity contribution in [3.05, 3.63) is 109 Å². The van der Waals surface area contributed by atoms with Gasteiger partial charge in [-0.1, -0.05) is 162 Å². The molecular formula is C54H87O11P. The molecule has 66 heavy (non-hydrogen) atoms. The second-order valence-corrected chi connectivity index (χ2v) is 17.3. The third-order valence-corrected chi connectivity index (χ3v) is 10.6. The molecule has 0 saturated heterocycles. The maximum Gasteiger partial charge on any atom is 0.472 e. The van der Waals surface area contributed by atoms with Gasteiger partial charge in [-0.2, -0.15) is 0 Å². The standard InChI is InChI=1S/C54H87O11P/c1-4-7-10-13-16-19-22-24-25-27-29-31-34-37-40-43-52(56)61-47-51(65-54(58)45-42-39-36-33-30-26-23-20-17-14-11-8-5-2)49-63-66(59,60)62-48-50(46-55)64-53(57)44-41-38-35-32-28-21-18-15-12-9-6-3/h7-8,10-11,15-20,24-26,29-31,36,39,50-51,55H,4-6,9,12-14,21-23,27-28,32-35,37-38,40-49H2,1-3H3,(H,59,60)/b10-7-,11-8-,18-15-,19-16-,20-17-,25-24-,30-26-,31-29-,39-36-. The predicted octanol–water partition coefficient (Wildman–Crippen LogP) is 13.9. The number of allylic oxidation sites excluding steroid dienone is 18. The number of hydrogen-bond donors (Lipinski definition) is 2. The van der Waals surface area contributed by atoms with Gasteiger partial charge in [-0.15, -0.1) is 0 Å². The van der Waals surface area contributed by atoms with Gasteiger partial charge in [0.15, 0.2) is 6.10 Å². The van der Waals surface area contributed by atoms with Crippen LogP contribution in [0.5, 0.6) is 0 Å². The van der Waals surface area contributed by atoms with Crippen molar-refractivity contribution in [2.45, 2.75) is 187 Å². The molecule has 3 atom stereocenters. The van der Waals surface area contributed by atoms with Crippen LogP contribution in [0.4, 0.5) is 0 Å². The van der Waals surface area contributed by atoms with Gasteiger partial charge in [0.1, 0.15) is 12.7 Å². The van der Waals surface area contributed by atoms with E-state index in [4.69, 9.17) is 23.3 Å². The first-order valence-electron chi connectivity index (χ1n) is 24.8. The van der Waals surface area contributed by atoms with E-state index >= 15 is 0 Å². The van der Waals surface area contributed by atoms with E-state index in [1.807, 2.05) is 18.2 Å². The highest BCUT2D eigenvalue weighted by Crippen LogP contribution is 2.43. The molecule has 11 nitrogen and oxygen atoms in total. The molecule has 0 aromatic rings. The minimum atomic E-state index is -4.77. The molecule has 0 aromatic carbocycles. The van der Waals surface area contributed by atoms with Crippen LogP contribution in [-0.2, 0) is 42.2 Å². The van der Waals surface area contributed by atoms with Crippen molar-refractivity contribution in [3.63, 3.8) is 0 Å². The first-order valence-corrected chi connectivity index (χ1v) is 26.3. The quantitative estimate of drug-likeness (QED) is 0.0197. The van der Waals surface area contributed by atoms with Crippen LogP contribution in [0, 0.1) is 0 Å². The van der Waals surface area contributed by atoms with Crippen LogP contribution in [0.15, 0.2) is 109 Å². The number of phosphoric acid groups is 1. The summed E-state index contributed by atoms with van der Waals surface area (Å²) in [5.41, 5.74) is 0. The van der Waals surface area contributed by atoms with E-state index < -0.39 is 64.4 Å². The molecule has 0 aliphatic heterocycles. The maximum atomic E-state index is 12.8. The van der Waals surface area contributed by atoms with E-state index in [1.54, 1.807) is 0 Å². The van der Waals surface area contributed by atoms with Crippen molar-refractivity contribution >= 4 is 25.7 Å². The number of aliphatic hydroxyl groups is 1. The van der Waals surface area contributed by atoms with Gasteiger partial charge in [0, 0.05) is 19.3 Å². The molecule has 3 unspecified atom stereocenters. The average molecular weight is 943 g/mol. The number of ether oxygens (including phenoxy) is 3. The molecular weight excluding hydrogens is 856 g/mol. The summed E-state index contributed by atoms with van der Waals surface area (Å²) < 4.78 is 39.1. The van der Waals surface area contributed by atoms with Gasteiger partial charge in [-0.3, -0.25) is 23.4 Å². The molecule has 0 fully saturated rings. The van der Waals surface area contributed by atoms with Gasteiger partial charge in [-0.05, 0) is 103 Å². The lowest BCUT2D eigenvalue weighted by molar-refractivity contribution is -0.161. The minimum Gasteiger partial charge on any atom is -0.462 e. The lowest BCUT2D eigenvalue weighted by Gasteiger charge is -2.21. The Kier molecular flexibility index (Phi) is 44.8. The van der Waals surface area contributed by atoms with Crippen molar-refractivity contribution in [3.8, 4) is 0 Å². The van der Waals surface area contributed by atoms with Gasteiger partial charge in [0.2, 0.25) is 0 Å². The maximum absolute atomic E-state index is 12.8. The SMILES string of the molecule is CC/C=C\C/C=C\C/C=C\C/C=C\CCCCC(=O)OCC(COP(=O)(O)OCC(CO)OC(=O)CCCCCCC/C=C\CCCC)OC(=O)CC/C=C\C/C=C\C/C=C\C/C=C\CC. The van der Waals surface area contributed by atoms with Crippen LogP contribution in [0.3, 0.4) is 0 Å². The summed E-state index contributed by atoms with van der Waals surface area (Å²) in [5.74, 6) is -1.64. The minimum absolute atomic E-state index is 0.0313. The molecule has 0 spiro atoms. The Bertz CT molecular complexity index is 1520. The molecule has 0 aromatic heterocycles. The highest BCUT2D eigenvalue weighted by Gasteiger charge is 2.28. The van der Waals surface area contributed by atoms with Crippen LogP contribution in [0.2, 0.25) is 0 Å². The van der Waals surface area contributed by atoms with E-state index in [0.717, 1.165) is 96.3 Å². The van der Waals surface area contributed by atoms with Crippen LogP contribution in [0.1, 0.15) is 175 Å². The molecule has 0 rings (SSSR count). The van der Waals surface area contributed by atoms with E-state index in [9.17, 15) is 28.9 Å². The van der Waals surface area contributed by atoms with E-state index in [0.29, 0.717) is 25.7 Å². The summed E-state index contributed by atoms with van der Waals surface area (Å²) in [7, 11) is -4.77. The molecule has 0 aliphatic rings. The molecule has 0 bridgehead atoms. The van der Waals surface area contributed by atoms with Gasteiger partial charge in [0.05, 0.1) is 19.8 Å². The third kappa shape index (κ3) is 45.3. The van der Waals surface area contributed by atoms with Gasteiger partial charge in [-0.25, -0.2) is 4.57 Å². The number of hydrogen-bond acceptors (Lipinski definition) is 10. The number of aliphatic hydroxyl groups excluding tert-OH is 1. The summed E-state index contributed by atoms with van der Waals surface area (Å²) in [6, 6.07) is 0. The summed E-state index contributed by atoms with van der Waals surface area (Å²) >= 11 is 0. The number of esters is 3. The van der Waals surface area contributed by atoms with Gasteiger partial charge < -0.3 is 24.2 Å². The number of rotatable bonds is 44. The number of phosphoric ester groups is 1. The molecule has 2 N–H and O–H groups in total. The van der Waals surface area contributed by atoms with Crippen molar-refractivity contribution in [1.82, 2.24) is 0 Å². The zero-order valence-electron chi connectivity index (χ0n) is 40.9. The molecule has 0 heterocycles. The Morgan fingerprint density at radius 2 is 0.818 bits per heavy atom. The van der Waals surface area contributed by atoms with Crippen molar-refractivity contribution in [1.29, 1.82) is 0 Å². The highest BCUT2D eigenvalue weighted by atomic mass is 31.2. The number of unbranched alkanes of at least 4 members (excludes halogenated alkanes) is 9. The van der Waals surface area contributed by atoms with Crippen LogP contribution in [0.25, 0.3) is 0 Å². The summed E-state index contributed by atoms with van der Waals surface area (Å²) in [6.07, 6.45) is 55.2.